The summed E-state index contributed by atoms with van der Waals surface area (Å²) in [5.41, 5.74) is 6.66. The Balaban J connectivity index is 1.58. The van der Waals surface area contributed by atoms with E-state index in [1.165, 1.54) is 27.6 Å². The second kappa shape index (κ2) is 7.73. The van der Waals surface area contributed by atoms with E-state index in [4.69, 9.17) is 5.11 Å². The molecule has 4 aromatic rings. The first-order valence-corrected chi connectivity index (χ1v) is 9.55. The van der Waals surface area contributed by atoms with E-state index in [2.05, 4.69) is 66.2 Å². The van der Waals surface area contributed by atoms with Gasteiger partial charge in [0.2, 0.25) is 0 Å². The fourth-order valence-corrected chi connectivity index (χ4v) is 3.77. The van der Waals surface area contributed by atoms with Gasteiger partial charge in [0.25, 0.3) is 0 Å². The minimum absolute atomic E-state index is 0.331. The van der Waals surface area contributed by atoms with Crippen molar-refractivity contribution < 1.29 is 9.90 Å². The Morgan fingerprint density at radius 1 is 0.893 bits per heavy atom. The molecule has 0 spiro atoms. The Hall–Kier alpha value is -3.33. The summed E-state index contributed by atoms with van der Waals surface area (Å²) in [5, 5.41) is 10.3. The number of hydrogen-bond donors (Lipinski definition) is 1. The fourth-order valence-electron chi connectivity index (χ4n) is 3.77. The maximum Gasteiger partial charge on any atom is 0.335 e. The molecule has 1 N–H and O–H groups in total. The maximum absolute atomic E-state index is 11.0. The average Bonchev–Trinajstić information content (AvgIpc) is 3.10. The van der Waals surface area contributed by atoms with Crippen LogP contribution in [-0.2, 0) is 19.4 Å². The van der Waals surface area contributed by atoms with E-state index in [9.17, 15) is 4.79 Å². The lowest BCUT2D eigenvalue weighted by Crippen LogP contribution is -2.02. The molecule has 0 aliphatic carbocycles. The lowest BCUT2D eigenvalue weighted by Gasteiger charge is -2.11. The number of carboxylic acid groups (broad SMARTS) is 1. The van der Waals surface area contributed by atoms with Gasteiger partial charge in [0, 0.05) is 12.7 Å². The Kier molecular flexibility index (Phi) is 4.98. The SMILES string of the molecule is Cc1cccc(Cn2ccc3cccc(CCc4ccc(C(=O)O)cc4)c32)c1. The number of carboxylic acids is 1. The molecule has 0 aliphatic rings. The zero-order chi connectivity index (χ0) is 19.5. The molecule has 0 saturated heterocycles. The van der Waals surface area contributed by atoms with Crippen molar-refractivity contribution in [1.29, 1.82) is 0 Å². The van der Waals surface area contributed by atoms with Crippen LogP contribution in [0.25, 0.3) is 10.9 Å². The van der Waals surface area contributed by atoms with Crippen molar-refractivity contribution in [3.63, 3.8) is 0 Å². The molecule has 0 bridgehead atoms. The zero-order valence-electron chi connectivity index (χ0n) is 15.9. The number of aromatic carboxylic acids is 1. The molecule has 1 heterocycles. The number of benzene rings is 3. The molecule has 0 fully saturated rings. The van der Waals surface area contributed by atoms with Crippen molar-refractivity contribution in [3.8, 4) is 0 Å². The Morgan fingerprint density at radius 2 is 1.68 bits per heavy atom. The average molecular weight is 369 g/mol. The quantitative estimate of drug-likeness (QED) is 0.489. The summed E-state index contributed by atoms with van der Waals surface area (Å²) in [6, 6.07) is 24.5. The lowest BCUT2D eigenvalue weighted by molar-refractivity contribution is 0.0697. The molecule has 4 rings (SSSR count). The summed E-state index contributed by atoms with van der Waals surface area (Å²) in [7, 11) is 0. The summed E-state index contributed by atoms with van der Waals surface area (Å²) in [6.45, 7) is 2.98. The van der Waals surface area contributed by atoms with E-state index in [1.807, 2.05) is 12.1 Å². The second-order valence-corrected chi connectivity index (χ2v) is 7.29. The van der Waals surface area contributed by atoms with Gasteiger partial charge in [-0.2, -0.15) is 0 Å². The van der Waals surface area contributed by atoms with Crippen LogP contribution < -0.4 is 0 Å². The summed E-state index contributed by atoms with van der Waals surface area (Å²) >= 11 is 0. The van der Waals surface area contributed by atoms with Crippen LogP contribution in [0.4, 0.5) is 0 Å². The molecule has 0 amide bonds. The van der Waals surface area contributed by atoms with Gasteiger partial charge in [0.1, 0.15) is 0 Å². The maximum atomic E-state index is 11.0. The molecule has 0 saturated carbocycles. The first kappa shape index (κ1) is 18.1. The number of para-hydroxylation sites is 1. The molecular weight excluding hydrogens is 346 g/mol. The first-order valence-electron chi connectivity index (χ1n) is 9.55. The third-order valence-corrected chi connectivity index (χ3v) is 5.19. The van der Waals surface area contributed by atoms with E-state index in [0.717, 1.165) is 24.9 Å². The van der Waals surface area contributed by atoms with Crippen molar-refractivity contribution in [2.24, 2.45) is 0 Å². The van der Waals surface area contributed by atoms with Crippen LogP contribution in [0.2, 0.25) is 0 Å². The third kappa shape index (κ3) is 3.84. The molecule has 28 heavy (non-hydrogen) atoms. The van der Waals surface area contributed by atoms with Gasteiger partial charge < -0.3 is 9.67 Å². The van der Waals surface area contributed by atoms with E-state index in [1.54, 1.807) is 12.1 Å². The van der Waals surface area contributed by atoms with Crippen LogP contribution in [0, 0.1) is 6.92 Å². The van der Waals surface area contributed by atoms with Gasteiger partial charge in [0.15, 0.2) is 0 Å². The number of hydrogen-bond acceptors (Lipinski definition) is 1. The summed E-state index contributed by atoms with van der Waals surface area (Å²) in [4.78, 5) is 11.0. The topological polar surface area (TPSA) is 42.2 Å². The van der Waals surface area contributed by atoms with Crippen molar-refractivity contribution in [3.05, 3.63) is 107 Å². The molecule has 0 unspecified atom stereocenters. The van der Waals surface area contributed by atoms with Gasteiger partial charge >= 0.3 is 5.97 Å². The molecule has 140 valence electrons. The number of nitrogens with zero attached hydrogens (tertiary/aromatic N) is 1. The zero-order valence-corrected chi connectivity index (χ0v) is 15.9. The molecule has 3 heteroatoms. The highest BCUT2D eigenvalue weighted by atomic mass is 16.4. The number of aromatic nitrogens is 1. The van der Waals surface area contributed by atoms with Crippen molar-refractivity contribution in [1.82, 2.24) is 4.57 Å². The fraction of sp³-hybridized carbons (Fsp3) is 0.160. The lowest BCUT2D eigenvalue weighted by atomic mass is 10.0. The van der Waals surface area contributed by atoms with E-state index in [-0.39, 0.29) is 0 Å². The van der Waals surface area contributed by atoms with Crippen LogP contribution in [0.15, 0.2) is 79.0 Å². The Morgan fingerprint density at radius 3 is 2.43 bits per heavy atom. The van der Waals surface area contributed by atoms with Gasteiger partial charge in [-0.1, -0.05) is 60.2 Å². The summed E-state index contributed by atoms with van der Waals surface area (Å²) in [6.07, 6.45) is 3.97. The minimum Gasteiger partial charge on any atom is -0.478 e. The monoisotopic (exact) mass is 369 g/mol. The van der Waals surface area contributed by atoms with Crippen molar-refractivity contribution in [2.75, 3.05) is 0 Å². The highest BCUT2D eigenvalue weighted by Crippen LogP contribution is 2.23. The van der Waals surface area contributed by atoms with Crippen molar-refractivity contribution in [2.45, 2.75) is 26.3 Å². The molecule has 0 atom stereocenters. The van der Waals surface area contributed by atoms with Crippen LogP contribution in [-0.4, -0.2) is 15.6 Å². The molecule has 0 aliphatic heterocycles. The number of rotatable bonds is 6. The number of aryl methyl sites for hydroxylation is 3. The predicted octanol–water partition coefficient (Wildman–Crippen LogP) is 5.48. The molecule has 3 aromatic carbocycles. The second-order valence-electron chi connectivity index (χ2n) is 7.29. The highest BCUT2D eigenvalue weighted by Gasteiger charge is 2.08. The van der Waals surface area contributed by atoms with Gasteiger partial charge in [-0.05, 0) is 60.0 Å². The predicted molar refractivity (Wildman–Crippen MR) is 113 cm³/mol. The Bertz CT molecular complexity index is 1120. The molecule has 0 radical (unpaired) electrons. The van der Waals surface area contributed by atoms with Crippen LogP contribution >= 0.6 is 0 Å². The van der Waals surface area contributed by atoms with Crippen LogP contribution in [0.5, 0.6) is 0 Å². The standard InChI is InChI=1S/C25H23NO2/c1-18-4-2-5-20(16-18)17-26-15-14-22-7-3-6-21(24(22)26)11-8-19-9-12-23(13-10-19)25(27)28/h2-7,9-10,12-16H,8,11,17H2,1H3,(H,27,28). The highest BCUT2D eigenvalue weighted by molar-refractivity contribution is 5.87. The van der Waals surface area contributed by atoms with Crippen LogP contribution in [0.3, 0.4) is 0 Å². The van der Waals surface area contributed by atoms with Crippen molar-refractivity contribution >= 4 is 16.9 Å². The van der Waals surface area contributed by atoms with Gasteiger partial charge in [0.05, 0.1) is 11.1 Å². The summed E-state index contributed by atoms with van der Waals surface area (Å²) < 4.78 is 2.33. The van der Waals surface area contributed by atoms with Gasteiger partial charge in [-0.3, -0.25) is 0 Å². The van der Waals surface area contributed by atoms with Crippen LogP contribution in [0.1, 0.15) is 32.6 Å². The minimum atomic E-state index is -0.884. The van der Waals surface area contributed by atoms with E-state index < -0.39 is 5.97 Å². The smallest absolute Gasteiger partial charge is 0.335 e. The number of carbonyl (C=O) groups is 1. The molecule has 3 nitrogen and oxygen atoms in total. The van der Waals surface area contributed by atoms with E-state index >= 15 is 0 Å². The van der Waals surface area contributed by atoms with Gasteiger partial charge in [-0.25, -0.2) is 4.79 Å². The largest absolute Gasteiger partial charge is 0.478 e. The third-order valence-electron chi connectivity index (χ3n) is 5.19. The summed E-state index contributed by atoms with van der Waals surface area (Å²) in [5.74, 6) is -0.884. The van der Waals surface area contributed by atoms with E-state index in [0.29, 0.717) is 5.56 Å². The molecule has 1 aromatic heterocycles. The van der Waals surface area contributed by atoms with Gasteiger partial charge in [-0.15, -0.1) is 0 Å². The Labute approximate surface area is 164 Å². The molecular formula is C25H23NO2. The number of fused-ring (bicyclic) bond motifs is 1. The normalized spacial score (nSPS) is 11.0. The first-order chi connectivity index (χ1) is 13.6.